The Morgan fingerprint density at radius 1 is 1.26 bits per heavy atom. The van der Waals surface area contributed by atoms with Crippen LogP contribution in [0.1, 0.15) is 32.1 Å². The van der Waals surface area contributed by atoms with Crippen LogP contribution in [0.3, 0.4) is 0 Å². The summed E-state index contributed by atoms with van der Waals surface area (Å²) in [7, 11) is 1.99. The lowest BCUT2D eigenvalue weighted by Crippen LogP contribution is -2.58. The van der Waals surface area contributed by atoms with Crippen LogP contribution in [-0.2, 0) is 4.74 Å². The van der Waals surface area contributed by atoms with Crippen LogP contribution in [0.25, 0.3) is 0 Å². The van der Waals surface area contributed by atoms with Gasteiger partial charge in [0.15, 0.2) is 0 Å². The van der Waals surface area contributed by atoms with Crippen LogP contribution in [0.5, 0.6) is 0 Å². The fourth-order valence-electron chi connectivity index (χ4n) is 3.40. The van der Waals surface area contributed by atoms with E-state index in [4.69, 9.17) is 10.5 Å². The van der Waals surface area contributed by atoms with Gasteiger partial charge in [0, 0.05) is 24.7 Å². The summed E-state index contributed by atoms with van der Waals surface area (Å²) in [5.41, 5.74) is 5.62. The SMILES string of the molecule is CN(C1CCOC1)C1(CN)CCC(C(F)(F)F)CC1. The van der Waals surface area contributed by atoms with E-state index in [-0.39, 0.29) is 18.4 Å². The van der Waals surface area contributed by atoms with Crippen LogP contribution in [0.15, 0.2) is 0 Å². The summed E-state index contributed by atoms with van der Waals surface area (Å²) >= 11 is 0. The van der Waals surface area contributed by atoms with Crippen molar-refractivity contribution in [1.29, 1.82) is 0 Å². The minimum atomic E-state index is -4.06. The second-order valence-electron chi connectivity index (χ2n) is 5.87. The van der Waals surface area contributed by atoms with Crippen molar-refractivity contribution in [2.24, 2.45) is 11.7 Å². The molecule has 0 spiro atoms. The molecular weight excluding hydrogens is 257 g/mol. The Labute approximate surface area is 112 Å². The molecule has 0 aromatic rings. The molecule has 2 rings (SSSR count). The number of halogens is 3. The molecule has 1 aliphatic carbocycles. The Morgan fingerprint density at radius 3 is 2.32 bits per heavy atom. The van der Waals surface area contributed by atoms with E-state index in [2.05, 4.69) is 4.90 Å². The van der Waals surface area contributed by atoms with Gasteiger partial charge in [-0.05, 0) is 39.2 Å². The molecule has 2 fully saturated rings. The predicted molar refractivity (Wildman–Crippen MR) is 66.8 cm³/mol. The molecule has 0 aromatic carbocycles. The first-order valence-electron chi connectivity index (χ1n) is 6.96. The Kier molecular flexibility index (Phi) is 4.42. The number of nitrogens with zero attached hydrogens (tertiary/aromatic N) is 1. The number of hydrogen-bond donors (Lipinski definition) is 1. The fourth-order valence-corrected chi connectivity index (χ4v) is 3.40. The van der Waals surface area contributed by atoms with Crippen LogP contribution < -0.4 is 5.73 Å². The standard InChI is InChI=1S/C13H23F3N2O/c1-18(11-4-7-19-8-11)12(9-17)5-2-10(3-6-12)13(14,15)16/h10-11H,2-9,17H2,1H3. The number of hydrogen-bond acceptors (Lipinski definition) is 3. The highest BCUT2D eigenvalue weighted by atomic mass is 19.4. The van der Waals surface area contributed by atoms with Gasteiger partial charge in [0.25, 0.3) is 0 Å². The second-order valence-corrected chi connectivity index (χ2v) is 5.87. The summed E-state index contributed by atoms with van der Waals surface area (Å²) in [6.45, 7) is 1.83. The zero-order chi connectivity index (χ0) is 14.1. The lowest BCUT2D eigenvalue weighted by Gasteiger charge is -2.48. The third-order valence-corrected chi connectivity index (χ3v) is 4.96. The average Bonchev–Trinajstić information content (AvgIpc) is 2.90. The van der Waals surface area contributed by atoms with E-state index in [1.54, 1.807) is 0 Å². The molecule has 2 aliphatic rings. The third-order valence-electron chi connectivity index (χ3n) is 4.96. The normalized spacial score (nSPS) is 36.9. The van der Waals surface area contributed by atoms with Crippen molar-refractivity contribution < 1.29 is 17.9 Å². The minimum Gasteiger partial charge on any atom is -0.380 e. The molecule has 3 nitrogen and oxygen atoms in total. The lowest BCUT2D eigenvalue weighted by atomic mass is 9.74. The van der Waals surface area contributed by atoms with E-state index in [1.807, 2.05) is 7.05 Å². The van der Waals surface area contributed by atoms with Gasteiger partial charge in [-0.3, -0.25) is 4.90 Å². The number of alkyl halides is 3. The molecule has 0 aromatic heterocycles. The van der Waals surface area contributed by atoms with Gasteiger partial charge in [-0.15, -0.1) is 0 Å². The Morgan fingerprint density at radius 2 is 1.89 bits per heavy atom. The van der Waals surface area contributed by atoms with Gasteiger partial charge in [0.1, 0.15) is 0 Å². The van der Waals surface area contributed by atoms with Crippen molar-refractivity contribution >= 4 is 0 Å². The zero-order valence-corrected chi connectivity index (χ0v) is 11.4. The first-order valence-corrected chi connectivity index (χ1v) is 6.96. The molecule has 19 heavy (non-hydrogen) atoms. The molecule has 0 radical (unpaired) electrons. The maximum absolute atomic E-state index is 12.7. The molecule has 1 unspecified atom stereocenters. The summed E-state index contributed by atoms with van der Waals surface area (Å²) < 4.78 is 43.6. The minimum absolute atomic E-state index is 0.193. The first kappa shape index (κ1) is 15.1. The van der Waals surface area contributed by atoms with E-state index in [1.165, 1.54) is 0 Å². The zero-order valence-electron chi connectivity index (χ0n) is 11.4. The van der Waals surface area contributed by atoms with Gasteiger partial charge >= 0.3 is 6.18 Å². The lowest BCUT2D eigenvalue weighted by molar-refractivity contribution is -0.188. The van der Waals surface area contributed by atoms with Gasteiger partial charge in [0.05, 0.1) is 12.5 Å². The molecule has 1 heterocycles. The highest BCUT2D eigenvalue weighted by Crippen LogP contribution is 2.43. The van der Waals surface area contributed by atoms with Crippen LogP contribution in [0, 0.1) is 5.92 Å². The van der Waals surface area contributed by atoms with Crippen molar-refractivity contribution in [3.63, 3.8) is 0 Å². The molecule has 1 aliphatic heterocycles. The number of likely N-dealkylation sites (N-methyl/N-ethyl adjacent to an activating group) is 1. The maximum atomic E-state index is 12.7. The van der Waals surface area contributed by atoms with Crippen LogP contribution in [-0.4, -0.2) is 49.5 Å². The van der Waals surface area contributed by atoms with Crippen molar-refractivity contribution in [2.75, 3.05) is 26.8 Å². The van der Waals surface area contributed by atoms with Crippen LogP contribution in [0.2, 0.25) is 0 Å². The van der Waals surface area contributed by atoms with Crippen LogP contribution >= 0.6 is 0 Å². The molecular formula is C13H23F3N2O. The largest absolute Gasteiger partial charge is 0.391 e. The van der Waals surface area contributed by atoms with Crippen molar-refractivity contribution in [1.82, 2.24) is 4.90 Å². The predicted octanol–water partition coefficient (Wildman–Crippen LogP) is 2.16. The van der Waals surface area contributed by atoms with Crippen molar-refractivity contribution in [3.8, 4) is 0 Å². The molecule has 1 saturated heterocycles. The van der Waals surface area contributed by atoms with E-state index in [0.29, 0.717) is 32.0 Å². The smallest absolute Gasteiger partial charge is 0.380 e. The second kappa shape index (κ2) is 5.58. The average molecular weight is 280 g/mol. The molecule has 2 N–H and O–H groups in total. The Hall–Kier alpha value is -0.330. The Balaban J connectivity index is 2.00. The number of nitrogens with two attached hydrogens (primary N) is 1. The van der Waals surface area contributed by atoms with E-state index < -0.39 is 12.1 Å². The van der Waals surface area contributed by atoms with Gasteiger partial charge < -0.3 is 10.5 Å². The van der Waals surface area contributed by atoms with Gasteiger partial charge in [-0.25, -0.2) is 0 Å². The highest BCUT2D eigenvalue weighted by molar-refractivity contribution is 4.98. The summed E-state index contributed by atoms with van der Waals surface area (Å²) in [4.78, 5) is 2.19. The molecule has 0 amide bonds. The molecule has 6 heteroatoms. The fraction of sp³-hybridized carbons (Fsp3) is 1.00. The van der Waals surface area contributed by atoms with Crippen molar-refractivity contribution in [3.05, 3.63) is 0 Å². The summed E-state index contributed by atoms with van der Waals surface area (Å²) in [6.07, 6.45) is -1.67. The Bertz CT molecular complexity index is 295. The summed E-state index contributed by atoms with van der Waals surface area (Å²) in [5, 5.41) is 0. The summed E-state index contributed by atoms with van der Waals surface area (Å²) in [6, 6.07) is 0.297. The van der Waals surface area contributed by atoms with Crippen molar-refractivity contribution in [2.45, 2.75) is 49.9 Å². The first-order chi connectivity index (χ1) is 8.89. The highest BCUT2D eigenvalue weighted by Gasteiger charge is 2.48. The van der Waals surface area contributed by atoms with Crippen LogP contribution in [0.4, 0.5) is 13.2 Å². The molecule has 112 valence electrons. The van der Waals surface area contributed by atoms with E-state index in [0.717, 1.165) is 13.0 Å². The number of rotatable bonds is 3. The number of ether oxygens (including phenoxy) is 1. The molecule has 0 bridgehead atoms. The molecule has 1 saturated carbocycles. The monoisotopic (exact) mass is 280 g/mol. The van der Waals surface area contributed by atoms with E-state index in [9.17, 15) is 13.2 Å². The van der Waals surface area contributed by atoms with E-state index >= 15 is 0 Å². The molecule has 1 atom stereocenters. The van der Waals surface area contributed by atoms with Gasteiger partial charge in [0.2, 0.25) is 0 Å². The third kappa shape index (κ3) is 3.06. The topological polar surface area (TPSA) is 38.5 Å². The van der Waals surface area contributed by atoms with Gasteiger partial charge in [-0.2, -0.15) is 13.2 Å². The van der Waals surface area contributed by atoms with Gasteiger partial charge in [-0.1, -0.05) is 0 Å². The maximum Gasteiger partial charge on any atom is 0.391 e. The quantitative estimate of drug-likeness (QED) is 0.861. The summed E-state index contributed by atoms with van der Waals surface area (Å²) in [5.74, 6) is -1.15.